The van der Waals surface area contributed by atoms with Gasteiger partial charge in [0.2, 0.25) is 0 Å². The molecule has 0 atom stereocenters. The van der Waals surface area contributed by atoms with Gasteiger partial charge < -0.3 is 4.90 Å². The number of hydrogen-bond acceptors (Lipinski definition) is 1. The van der Waals surface area contributed by atoms with Crippen LogP contribution in [0, 0.1) is 11.8 Å². The number of hydrogen-bond donors (Lipinski definition) is 0. The topological polar surface area (TPSA) is 3.24 Å². The summed E-state index contributed by atoms with van der Waals surface area (Å²) in [7, 11) is 0. The summed E-state index contributed by atoms with van der Waals surface area (Å²) in [5.74, 6) is 1.87. The lowest BCUT2D eigenvalue weighted by Gasteiger charge is -2.32. The largest absolute Gasteiger partial charge is 0.303 e. The molecule has 0 amide bonds. The van der Waals surface area contributed by atoms with E-state index in [1.807, 2.05) is 0 Å². The summed E-state index contributed by atoms with van der Waals surface area (Å²) in [5, 5.41) is 0. The van der Waals surface area contributed by atoms with Crippen molar-refractivity contribution in [2.75, 3.05) is 19.6 Å². The van der Waals surface area contributed by atoms with E-state index in [0.29, 0.717) is 0 Å². The maximum absolute atomic E-state index is 3.00. The van der Waals surface area contributed by atoms with Gasteiger partial charge in [-0.3, -0.25) is 0 Å². The van der Waals surface area contributed by atoms with E-state index in [1.54, 1.807) is 0 Å². The van der Waals surface area contributed by atoms with Crippen LogP contribution in [-0.2, 0) is 0 Å². The highest BCUT2D eigenvalue weighted by atomic mass is 15.1. The molecular formula is C14H29N. The zero-order chi connectivity index (χ0) is 11.7. The molecule has 0 aromatic carbocycles. The minimum absolute atomic E-state index is 0.836. The van der Waals surface area contributed by atoms with Crippen LogP contribution in [-0.4, -0.2) is 24.5 Å². The summed E-state index contributed by atoms with van der Waals surface area (Å²) in [6, 6.07) is 0. The molecule has 1 aliphatic heterocycles. The van der Waals surface area contributed by atoms with E-state index in [-0.39, 0.29) is 0 Å². The lowest BCUT2D eigenvalue weighted by atomic mass is 9.92. The molecule has 0 aromatic rings. The zero-order valence-corrected chi connectivity index (χ0v) is 11.0. The smallest absolute Gasteiger partial charge is 0.000439 e. The Morgan fingerprint density at radius 2 is 1.73 bits per heavy atom. The van der Waals surface area contributed by atoms with Crippen molar-refractivity contribution < 1.29 is 0 Å². The molecule has 0 N–H and O–H groups in total. The highest BCUT2D eigenvalue weighted by Crippen LogP contribution is 2.21. The molecule has 0 unspecified atom stereocenters. The van der Waals surface area contributed by atoms with Crippen LogP contribution in [0.5, 0.6) is 0 Å². The minimum atomic E-state index is 0.836. The minimum Gasteiger partial charge on any atom is -0.303 e. The van der Waals surface area contributed by atoms with Crippen molar-refractivity contribution in [1.82, 2.24) is 4.90 Å². The van der Waals surface area contributed by atoms with Gasteiger partial charge in [0, 0.05) is 6.54 Å². The highest BCUT2D eigenvalue weighted by Gasteiger charge is 2.18. The second kappa shape index (κ2) is 8.96. The summed E-state index contributed by atoms with van der Waals surface area (Å²) >= 11 is 0. The number of piperidine rings is 1. The first-order valence-corrected chi connectivity index (χ1v) is 6.44. The Morgan fingerprint density at radius 3 is 2.13 bits per heavy atom. The van der Waals surface area contributed by atoms with Crippen LogP contribution in [0.15, 0.2) is 13.2 Å². The van der Waals surface area contributed by atoms with Crippen LogP contribution >= 0.6 is 0 Å². The zero-order valence-electron chi connectivity index (χ0n) is 11.0. The van der Waals surface area contributed by atoms with Gasteiger partial charge in [-0.05, 0) is 37.8 Å². The second-order valence-corrected chi connectivity index (χ2v) is 4.93. The van der Waals surface area contributed by atoms with Crippen LogP contribution in [0.4, 0.5) is 0 Å². The van der Waals surface area contributed by atoms with E-state index in [4.69, 9.17) is 0 Å². The molecule has 1 rings (SSSR count). The van der Waals surface area contributed by atoms with Crippen molar-refractivity contribution in [3.05, 3.63) is 13.2 Å². The molecule has 0 bridgehead atoms. The molecule has 1 aliphatic rings. The molecule has 1 heterocycles. The van der Waals surface area contributed by atoms with E-state index in [1.165, 1.54) is 45.3 Å². The first kappa shape index (κ1) is 14.7. The summed E-state index contributed by atoms with van der Waals surface area (Å²) < 4.78 is 0. The molecule has 0 spiro atoms. The third-order valence-electron chi connectivity index (χ3n) is 3.03. The number of nitrogens with zero attached hydrogens (tertiary/aromatic N) is 1. The Morgan fingerprint density at radius 1 is 1.20 bits per heavy atom. The first-order valence-electron chi connectivity index (χ1n) is 6.44. The van der Waals surface area contributed by atoms with E-state index in [0.717, 1.165) is 11.8 Å². The maximum atomic E-state index is 3.00. The normalized spacial score (nSPS) is 18.7. The lowest BCUT2D eigenvalue weighted by Crippen LogP contribution is -2.36. The SMILES string of the molecule is C=C.CCCC1CCN(CC(C)C)CC1. The van der Waals surface area contributed by atoms with E-state index in [2.05, 4.69) is 38.8 Å². The van der Waals surface area contributed by atoms with Crippen molar-refractivity contribution in [3.8, 4) is 0 Å². The fourth-order valence-corrected chi connectivity index (χ4v) is 2.38. The highest BCUT2D eigenvalue weighted by molar-refractivity contribution is 4.72. The van der Waals surface area contributed by atoms with Gasteiger partial charge >= 0.3 is 0 Å². The molecule has 0 aliphatic carbocycles. The standard InChI is InChI=1S/C12H25N.C2H4/c1-4-5-12-6-8-13(9-7-12)10-11(2)3;1-2/h11-12H,4-10H2,1-3H3;1-2H2. The molecule has 1 nitrogen and oxygen atoms in total. The van der Waals surface area contributed by atoms with Crippen molar-refractivity contribution >= 4 is 0 Å². The molecule has 0 aromatic heterocycles. The third-order valence-corrected chi connectivity index (χ3v) is 3.03. The molecular weight excluding hydrogens is 182 g/mol. The van der Waals surface area contributed by atoms with Gasteiger partial charge in [-0.1, -0.05) is 33.6 Å². The molecule has 1 fully saturated rings. The summed E-state index contributed by atoms with van der Waals surface area (Å²) in [5.41, 5.74) is 0. The van der Waals surface area contributed by atoms with Crippen LogP contribution in [0.2, 0.25) is 0 Å². The maximum Gasteiger partial charge on any atom is 0.000439 e. The summed E-state index contributed by atoms with van der Waals surface area (Å²) in [6.07, 6.45) is 5.71. The molecule has 90 valence electrons. The molecule has 0 saturated carbocycles. The van der Waals surface area contributed by atoms with Gasteiger partial charge in [0.05, 0.1) is 0 Å². The van der Waals surface area contributed by atoms with E-state index < -0.39 is 0 Å². The predicted octanol–water partition coefficient (Wildman–Crippen LogP) is 3.96. The van der Waals surface area contributed by atoms with Gasteiger partial charge in [-0.25, -0.2) is 0 Å². The average Bonchev–Trinajstić information content (AvgIpc) is 2.24. The van der Waals surface area contributed by atoms with E-state index in [9.17, 15) is 0 Å². The average molecular weight is 211 g/mol. The third kappa shape index (κ3) is 6.72. The van der Waals surface area contributed by atoms with Gasteiger partial charge in [0.1, 0.15) is 0 Å². The van der Waals surface area contributed by atoms with Crippen molar-refractivity contribution in [2.45, 2.75) is 46.5 Å². The first-order chi connectivity index (χ1) is 7.22. The van der Waals surface area contributed by atoms with Gasteiger partial charge in [0.15, 0.2) is 0 Å². The Kier molecular flexibility index (Phi) is 8.79. The Hall–Kier alpha value is -0.300. The van der Waals surface area contributed by atoms with Crippen molar-refractivity contribution in [1.29, 1.82) is 0 Å². The lowest BCUT2D eigenvalue weighted by molar-refractivity contribution is 0.163. The second-order valence-electron chi connectivity index (χ2n) is 4.93. The van der Waals surface area contributed by atoms with Crippen molar-refractivity contribution in [2.24, 2.45) is 11.8 Å². The van der Waals surface area contributed by atoms with Gasteiger partial charge in [-0.15, -0.1) is 13.2 Å². The van der Waals surface area contributed by atoms with Crippen molar-refractivity contribution in [3.63, 3.8) is 0 Å². The Bertz CT molecular complexity index is 134. The fraction of sp³-hybridized carbons (Fsp3) is 0.857. The van der Waals surface area contributed by atoms with Gasteiger partial charge in [0.25, 0.3) is 0 Å². The number of likely N-dealkylation sites (tertiary alicyclic amines) is 1. The monoisotopic (exact) mass is 211 g/mol. The molecule has 1 saturated heterocycles. The fourth-order valence-electron chi connectivity index (χ4n) is 2.38. The molecule has 1 heteroatoms. The van der Waals surface area contributed by atoms with Crippen LogP contribution in [0.25, 0.3) is 0 Å². The number of rotatable bonds is 4. The Balaban J connectivity index is 0.000000921. The quantitative estimate of drug-likeness (QED) is 0.636. The Labute approximate surface area is 96.6 Å². The van der Waals surface area contributed by atoms with Gasteiger partial charge in [-0.2, -0.15) is 0 Å². The van der Waals surface area contributed by atoms with Crippen LogP contribution in [0.3, 0.4) is 0 Å². The predicted molar refractivity (Wildman–Crippen MR) is 70.2 cm³/mol. The molecule has 15 heavy (non-hydrogen) atoms. The summed E-state index contributed by atoms with van der Waals surface area (Å²) in [6.45, 7) is 16.9. The van der Waals surface area contributed by atoms with Crippen LogP contribution < -0.4 is 0 Å². The molecule has 0 radical (unpaired) electrons. The van der Waals surface area contributed by atoms with E-state index >= 15 is 0 Å². The van der Waals surface area contributed by atoms with Crippen LogP contribution in [0.1, 0.15) is 46.5 Å². The summed E-state index contributed by atoms with van der Waals surface area (Å²) in [4.78, 5) is 2.64.